The van der Waals surface area contributed by atoms with Crippen LogP contribution in [0.5, 0.6) is 0 Å². The van der Waals surface area contributed by atoms with Crippen LogP contribution in [-0.2, 0) is 0 Å². The molecule has 0 fully saturated rings. The van der Waals surface area contributed by atoms with Crippen molar-refractivity contribution in [3.63, 3.8) is 0 Å². The molecule has 1 aliphatic heterocycles. The Morgan fingerprint density at radius 3 is 3.00 bits per heavy atom. The average molecular weight is 249 g/mol. The van der Waals surface area contributed by atoms with Crippen LogP contribution in [0.4, 0.5) is 0 Å². The monoisotopic (exact) mass is 248 g/mol. The van der Waals surface area contributed by atoms with E-state index in [-0.39, 0.29) is 0 Å². The van der Waals surface area contributed by atoms with Gasteiger partial charge in [0.15, 0.2) is 0 Å². The van der Waals surface area contributed by atoms with Crippen molar-refractivity contribution < 1.29 is 0 Å². The molecule has 1 aliphatic rings. The van der Waals surface area contributed by atoms with E-state index in [1.165, 1.54) is 0 Å². The second kappa shape index (κ2) is 4.24. The van der Waals surface area contributed by atoms with Crippen molar-refractivity contribution in [3.05, 3.63) is 59.0 Å². The molecule has 0 spiro atoms. The average Bonchev–Trinajstić information content (AvgIpc) is 2.30. The van der Waals surface area contributed by atoms with Crippen LogP contribution in [0.3, 0.4) is 0 Å². The number of hydrogen-bond acceptors (Lipinski definition) is 2. The predicted octanol–water partition coefficient (Wildman–Crippen LogP) is 2.82. The molecule has 2 rings (SSSR count). The minimum absolute atomic E-state index is 0.948. The van der Waals surface area contributed by atoms with E-state index in [1.54, 1.807) is 6.20 Å². The molecule has 1 aromatic rings. The Labute approximate surface area is 91.2 Å². The first kappa shape index (κ1) is 9.21. The topological polar surface area (TPSA) is 24.9 Å². The zero-order valence-electron chi connectivity index (χ0n) is 7.44. The lowest BCUT2D eigenvalue weighted by atomic mass is 10.2. The predicted molar refractivity (Wildman–Crippen MR) is 61.5 cm³/mol. The number of rotatable bonds is 1. The van der Waals surface area contributed by atoms with Crippen molar-refractivity contribution >= 4 is 21.6 Å². The number of hydrogen-bond donors (Lipinski definition) is 1. The molecule has 0 unspecified atom stereocenters. The summed E-state index contributed by atoms with van der Waals surface area (Å²) in [5.74, 6) is 0. The summed E-state index contributed by atoms with van der Waals surface area (Å²) < 4.78 is 0. The molecule has 0 saturated heterocycles. The third-order valence-corrected chi connectivity index (χ3v) is 2.37. The van der Waals surface area contributed by atoms with E-state index in [2.05, 4.69) is 26.2 Å². The van der Waals surface area contributed by atoms with Crippen molar-refractivity contribution in [1.82, 2.24) is 10.3 Å². The van der Waals surface area contributed by atoms with E-state index in [0.29, 0.717) is 0 Å². The highest BCUT2D eigenvalue weighted by Crippen LogP contribution is 2.15. The highest BCUT2D eigenvalue weighted by Gasteiger charge is 2.04. The first-order valence-corrected chi connectivity index (χ1v) is 5.19. The van der Waals surface area contributed by atoms with Crippen molar-refractivity contribution in [2.75, 3.05) is 0 Å². The Hall–Kier alpha value is -1.35. The summed E-state index contributed by atoms with van der Waals surface area (Å²) in [5, 5.41) is 3.25. The smallest absolute Gasteiger partial charge is 0.0864 e. The van der Waals surface area contributed by atoms with Crippen molar-refractivity contribution in [2.45, 2.75) is 0 Å². The van der Waals surface area contributed by atoms with Crippen LogP contribution < -0.4 is 5.32 Å². The van der Waals surface area contributed by atoms with Crippen LogP contribution in [-0.4, -0.2) is 4.98 Å². The van der Waals surface area contributed by atoms with Gasteiger partial charge in [0, 0.05) is 16.9 Å². The maximum absolute atomic E-state index is 4.26. The second-order valence-electron chi connectivity index (χ2n) is 2.84. The fraction of sp³-hybridized carbons (Fsp3) is 0. The fourth-order valence-electron chi connectivity index (χ4n) is 1.22. The van der Waals surface area contributed by atoms with E-state index < -0.39 is 0 Å². The summed E-state index contributed by atoms with van der Waals surface area (Å²) in [6.45, 7) is 0. The van der Waals surface area contributed by atoms with Crippen LogP contribution in [0.25, 0.3) is 5.70 Å². The number of pyridine rings is 1. The van der Waals surface area contributed by atoms with Crippen molar-refractivity contribution in [3.8, 4) is 0 Å². The van der Waals surface area contributed by atoms with Crippen LogP contribution in [0.15, 0.2) is 53.3 Å². The highest BCUT2D eigenvalue weighted by molar-refractivity contribution is 9.11. The van der Waals surface area contributed by atoms with Crippen molar-refractivity contribution in [1.29, 1.82) is 0 Å². The number of dihydropyridines is 1. The number of nitrogens with zero attached hydrogens (tertiary/aromatic N) is 1. The van der Waals surface area contributed by atoms with Gasteiger partial charge in [-0.2, -0.15) is 0 Å². The SMILES string of the molecule is BrC=C1C=CC=C(c2ccccn2)N1. The summed E-state index contributed by atoms with van der Waals surface area (Å²) in [4.78, 5) is 6.11. The normalized spacial score (nSPS) is 17.8. The molecule has 2 heterocycles. The lowest BCUT2D eigenvalue weighted by Gasteiger charge is -2.13. The Kier molecular flexibility index (Phi) is 2.79. The van der Waals surface area contributed by atoms with Gasteiger partial charge >= 0.3 is 0 Å². The zero-order chi connectivity index (χ0) is 9.80. The third-order valence-electron chi connectivity index (χ3n) is 1.88. The molecular weight excluding hydrogens is 240 g/mol. The van der Waals surface area contributed by atoms with Gasteiger partial charge in [-0.25, -0.2) is 0 Å². The molecule has 0 bridgehead atoms. The summed E-state index contributed by atoms with van der Waals surface area (Å²) in [6.07, 6.45) is 7.77. The molecule has 0 aromatic carbocycles. The Balaban J connectivity index is 2.29. The van der Waals surface area contributed by atoms with Crippen molar-refractivity contribution in [2.24, 2.45) is 0 Å². The summed E-state index contributed by atoms with van der Waals surface area (Å²) in [7, 11) is 0. The number of aromatic nitrogens is 1. The van der Waals surface area contributed by atoms with Gasteiger partial charge in [0.05, 0.1) is 11.4 Å². The molecule has 0 radical (unpaired) electrons. The van der Waals surface area contributed by atoms with Gasteiger partial charge in [0.1, 0.15) is 0 Å². The van der Waals surface area contributed by atoms with Crippen LogP contribution in [0.1, 0.15) is 5.69 Å². The quantitative estimate of drug-likeness (QED) is 0.827. The van der Waals surface area contributed by atoms with Gasteiger partial charge in [0.2, 0.25) is 0 Å². The standard InChI is InChI=1S/C11H9BrN2/c12-8-9-4-3-6-11(14-9)10-5-1-2-7-13-10/h1-8,14H. The third kappa shape index (κ3) is 1.93. The second-order valence-corrected chi connectivity index (χ2v) is 3.30. The lowest BCUT2D eigenvalue weighted by Crippen LogP contribution is -2.13. The van der Waals surface area contributed by atoms with Gasteiger partial charge in [-0.05, 0) is 24.3 Å². The van der Waals surface area contributed by atoms with Gasteiger partial charge in [-0.1, -0.05) is 28.1 Å². The molecule has 0 saturated carbocycles. The number of halogens is 1. The molecule has 0 atom stereocenters. The minimum Gasteiger partial charge on any atom is -0.353 e. The molecule has 2 nitrogen and oxygen atoms in total. The largest absolute Gasteiger partial charge is 0.353 e. The van der Waals surface area contributed by atoms with Gasteiger partial charge < -0.3 is 5.32 Å². The maximum atomic E-state index is 4.26. The van der Waals surface area contributed by atoms with Crippen LogP contribution >= 0.6 is 15.9 Å². The van der Waals surface area contributed by atoms with E-state index >= 15 is 0 Å². The van der Waals surface area contributed by atoms with E-state index in [1.807, 2.05) is 41.4 Å². The van der Waals surface area contributed by atoms with Crippen LogP contribution in [0, 0.1) is 0 Å². The van der Waals surface area contributed by atoms with E-state index in [4.69, 9.17) is 0 Å². The Morgan fingerprint density at radius 2 is 2.29 bits per heavy atom. The van der Waals surface area contributed by atoms with Gasteiger partial charge in [0.25, 0.3) is 0 Å². The minimum atomic E-state index is 0.948. The number of nitrogens with one attached hydrogen (secondary N) is 1. The van der Waals surface area contributed by atoms with Gasteiger partial charge in [-0.15, -0.1) is 0 Å². The van der Waals surface area contributed by atoms with E-state index in [0.717, 1.165) is 17.1 Å². The first-order valence-electron chi connectivity index (χ1n) is 4.27. The van der Waals surface area contributed by atoms with Crippen LogP contribution in [0.2, 0.25) is 0 Å². The number of allylic oxidation sites excluding steroid dienone is 3. The summed E-state index contributed by atoms with van der Waals surface area (Å²) >= 11 is 3.29. The molecule has 3 heteroatoms. The Morgan fingerprint density at radius 1 is 1.36 bits per heavy atom. The first-order chi connectivity index (χ1) is 6.90. The fourth-order valence-corrected chi connectivity index (χ4v) is 1.49. The summed E-state index contributed by atoms with van der Waals surface area (Å²) in [6, 6.07) is 5.86. The molecule has 1 aromatic heterocycles. The zero-order valence-corrected chi connectivity index (χ0v) is 9.03. The highest BCUT2D eigenvalue weighted by atomic mass is 79.9. The molecule has 0 aliphatic carbocycles. The Bertz CT molecular complexity index is 405. The molecule has 14 heavy (non-hydrogen) atoms. The molecule has 1 N–H and O–H groups in total. The lowest BCUT2D eigenvalue weighted by molar-refractivity contribution is 1.09. The maximum Gasteiger partial charge on any atom is 0.0864 e. The van der Waals surface area contributed by atoms with E-state index in [9.17, 15) is 0 Å². The molecular formula is C11H9BrN2. The molecule has 70 valence electrons. The molecule has 0 amide bonds. The summed E-state index contributed by atoms with van der Waals surface area (Å²) in [5.41, 5.74) is 2.98. The van der Waals surface area contributed by atoms with Gasteiger partial charge in [-0.3, -0.25) is 4.98 Å².